The molecule has 25 heavy (non-hydrogen) atoms. The number of aromatic nitrogens is 2. The van der Waals surface area contributed by atoms with Gasteiger partial charge in [0.05, 0.1) is 17.7 Å². The number of benzene rings is 1. The molecule has 0 radical (unpaired) electrons. The first kappa shape index (κ1) is 16.7. The summed E-state index contributed by atoms with van der Waals surface area (Å²) in [6.07, 6.45) is 4.71. The Morgan fingerprint density at radius 3 is 2.76 bits per heavy atom. The van der Waals surface area contributed by atoms with Crippen LogP contribution in [0.25, 0.3) is 5.52 Å². The lowest BCUT2D eigenvalue weighted by Crippen LogP contribution is -2.42. The van der Waals surface area contributed by atoms with Crippen molar-refractivity contribution in [1.82, 2.24) is 9.38 Å². The zero-order chi connectivity index (χ0) is 17.8. The summed E-state index contributed by atoms with van der Waals surface area (Å²) in [5.74, 6) is -0.498. The molecule has 0 saturated carbocycles. The summed E-state index contributed by atoms with van der Waals surface area (Å²) >= 11 is 0. The minimum absolute atomic E-state index is 0.0102. The lowest BCUT2D eigenvalue weighted by Gasteiger charge is -2.28. The summed E-state index contributed by atoms with van der Waals surface area (Å²) in [4.78, 5) is 30.2. The van der Waals surface area contributed by atoms with E-state index in [1.54, 1.807) is 18.5 Å². The summed E-state index contributed by atoms with van der Waals surface area (Å²) in [6, 6.07) is 12.7. The van der Waals surface area contributed by atoms with E-state index in [0.29, 0.717) is 17.1 Å². The van der Waals surface area contributed by atoms with E-state index in [-0.39, 0.29) is 18.4 Å². The van der Waals surface area contributed by atoms with Crippen molar-refractivity contribution in [1.29, 1.82) is 0 Å². The van der Waals surface area contributed by atoms with Gasteiger partial charge in [-0.2, -0.15) is 0 Å². The first-order valence-corrected chi connectivity index (χ1v) is 8.27. The number of nitrogens with zero attached hydrogens (tertiary/aromatic N) is 3. The van der Waals surface area contributed by atoms with E-state index in [2.05, 4.69) is 24.1 Å². The topological polar surface area (TPSA) is 66.7 Å². The van der Waals surface area contributed by atoms with E-state index in [0.717, 1.165) is 5.52 Å². The molecular weight excluding hydrogens is 316 g/mol. The molecule has 1 aliphatic heterocycles. The van der Waals surface area contributed by atoms with Crippen LogP contribution in [0.3, 0.4) is 0 Å². The van der Waals surface area contributed by atoms with Crippen LogP contribution < -0.4 is 10.2 Å². The highest BCUT2D eigenvalue weighted by Crippen LogP contribution is 2.29. The van der Waals surface area contributed by atoms with Crippen molar-refractivity contribution in [2.75, 3.05) is 16.8 Å². The summed E-state index contributed by atoms with van der Waals surface area (Å²) in [5.41, 5.74) is 2.52. The molecule has 3 aromatic rings. The highest BCUT2D eigenvalue weighted by molar-refractivity contribution is 6.14. The maximum atomic E-state index is 12.7. The minimum Gasteiger partial charge on any atom is -0.323 e. The van der Waals surface area contributed by atoms with Crippen LogP contribution in [0.15, 0.2) is 55.0 Å². The molecule has 1 N–H and O–H groups in total. The van der Waals surface area contributed by atoms with Crippen molar-refractivity contribution in [3.8, 4) is 0 Å². The number of carbonyl (C=O) groups excluding carboxylic acids is 2. The predicted molar refractivity (Wildman–Crippen MR) is 97.9 cm³/mol. The Bertz CT molecular complexity index is 916. The van der Waals surface area contributed by atoms with Gasteiger partial charge in [-0.15, -0.1) is 0 Å². The van der Waals surface area contributed by atoms with Crippen LogP contribution in [0.2, 0.25) is 0 Å². The number of anilines is 2. The average molecular weight is 336 g/mol. The number of rotatable bonds is 1. The first-order chi connectivity index (χ1) is 12.1. The molecule has 2 amide bonds. The second kappa shape index (κ2) is 7.17. The summed E-state index contributed by atoms with van der Waals surface area (Å²) in [6.45, 7) is 4.24. The summed E-state index contributed by atoms with van der Waals surface area (Å²) < 4.78 is 1.83. The zero-order valence-corrected chi connectivity index (χ0v) is 14.3. The Hall–Kier alpha value is -3.15. The molecule has 1 aromatic carbocycles. The van der Waals surface area contributed by atoms with E-state index in [1.165, 1.54) is 11.3 Å². The zero-order valence-electron chi connectivity index (χ0n) is 14.3. The molecule has 1 aliphatic rings. The van der Waals surface area contributed by atoms with Gasteiger partial charge in [0.2, 0.25) is 5.91 Å². The molecule has 6 heteroatoms. The maximum Gasteiger partial charge on any atom is 0.277 e. The number of nitrogens with one attached hydrogen (secondary N) is 1. The Balaban J connectivity index is 0.000000569. The number of carbonyl (C=O) groups is 2. The number of hydrogen-bond donors (Lipinski definition) is 1. The normalized spacial score (nSPS) is 12.9. The molecule has 3 heterocycles. The quantitative estimate of drug-likeness (QED) is 0.741. The molecule has 6 nitrogen and oxygen atoms in total. The van der Waals surface area contributed by atoms with Gasteiger partial charge in [-0.3, -0.25) is 14.5 Å². The van der Waals surface area contributed by atoms with Crippen LogP contribution in [0, 0.1) is 0 Å². The van der Waals surface area contributed by atoms with E-state index >= 15 is 0 Å². The lowest BCUT2D eigenvalue weighted by molar-refractivity contribution is -0.115. The SMILES string of the molecule is CCC.O=C1CN(C(=O)c2cc3cccn3cn2)c2ccccc2N1. The van der Waals surface area contributed by atoms with E-state index in [4.69, 9.17) is 0 Å². The Kier molecular flexibility index (Phi) is 4.79. The van der Waals surface area contributed by atoms with E-state index < -0.39 is 0 Å². The molecule has 2 aromatic heterocycles. The van der Waals surface area contributed by atoms with Gasteiger partial charge < -0.3 is 9.72 Å². The van der Waals surface area contributed by atoms with Gasteiger partial charge in [-0.1, -0.05) is 32.4 Å². The summed E-state index contributed by atoms with van der Waals surface area (Å²) in [5, 5.41) is 2.76. The monoisotopic (exact) mass is 336 g/mol. The standard InChI is InChI=1S/C16H12N4O2.C3H8/c21-15-9-20(14-6-2-1-5-12(14)18-15)16(22)13-8-11-4-3-7-19(11)10-17-13;1-3-2/h1-8,10H,9H2,(H,18,21);3H2,1-2H3. The van der Waals surface area contributed by atoms with Crippen molar-refractivity contribution >= 4 is 28.7 Å². The van der Waals surface area contributed by atoms with Crippen LogP contribution in [-0.2, 0) is 4.79 Å². The van der Waals surface area contributed by atoms with Crippen molar-refractivity contribution in [3.63, 3.8) is 0 Å². The molecule has 0 aliphatic carbocycles. The second-order valence-corrected chi connectivity index (χ2v) is 5.78. The lowest BCUT2D eigenvalue weighted by atomic mass is 10.1. The van der Waals surface area contributed by atoms with Crippen molar-refractivity contribution in [2.24, 2.45) is 0 Å². The first-order valence-electron chi connectivity index (χ1n) is 8.27. The molecule has 0 fully saturated rings. The van der Waals surface area contributed by atoms with Gasteiger partial charge in [-0.25, -0.2) is 4.98 Å². The molecule has 0 unspecified atom stereocenters. The van der Waals surface area contributed by atoms with Gasteiger partial charge >= 0.3 is 0 Å². The van der Waals surface area contributed by atoms with Gasteiger partial charge in [0.25, 0.3) is 5.91 Å². The average Bonchev–Trinajstić information content (AvgIpc) is 3.08. The van der Waals surface area contributed by atoms with Crippen molar-refractivity contribution in [3.05, 3.63) is 60.7 Å². The molecule has 0 spiro atoms. The Morgan fingerprint density at radius 1 is 1.20 bits per heavy atom. The van der Waals surface area contributed by atoms with Gasteiger partial charge in [0.1, 0.15) is 12.2 Å². The fourth-order valence-corrected chi connectivity index (χ4v) is 2.61. The van der Waals surface area contributed by atoms with Crippen LogP contribution in [0.5, 0.6) is 0 Å². The maximum absolute atomic E-state index is 12.7. The number of amides is 2. The molecule has 0 atom stereocenters. The molecule has 0 saturated heterocycles. The van der Waals surface area contributed by atoms with Crippen LogP contribution in [0.4, 0.5) is 11.4 Å². The Labute approximate surface area is 146 Å². The molecule has 128 valence electrons. The van der Waals surface area contributed by atoms with Crippen LogP contribution in [-0.4, -0.2) is 27.7 Å². The number of hydrogen-bond acceptors (Lipinski definition) is 3. The largest absolute Gasteiger partial charge is 0.323 e. The van der Waals surface area contributed by atoms with Gasteiger partial charge in [0.15, 0.2) is 0 Å². The fraction of sp³-hybridized carbons (Fsp3) is 0.211. The number of fused-ring (bicyclic) bond motifs is 2. The number of para-hydroxylation sites is 2. The van der Waals surface area contributed by atoms with Crippen molar-refractivity contribution < 1.29 is 9.59 Å². The molecule has 4 rings (SSSR count). The fourth-order valence-electron chi connectivity index (χ4n) is 2.61. The van der Waals surface area contributed by atoms with E-state index in [9.17, 15) is 9.59 Å². The smallest absolute Gasteiger partial charge is 0.277 e. The predicted octanol–water partition coefficient (Wildman–Crippen LogP) is 3.35. The third-order valence-corrected chi connectivity index (χ3v) is 3.65. The molecule has 0 bridgehead atoms. The highest BCUT2D eigenvalue weighted by atomic mass is 16.2. The summed E-state index contributed by atoms with van der Waals surface area (Å²) in [7, 11) is 0. The van der Waals surface area contributed by atoms with Crippen molar-refractivity contribution in [2.45, 2.75) is 20.3 Å². The molecular formula is C19H20N4O2. The third-order valence-electron chi connectivity index (χ3n) is 3.65. The van der Waals surface area contributed by atoms with Crippen LogP contribution >= 0.6 is 0 Å². The van der Waals surface area contributed by atoms with E-state index in [1.807, 2.05) is 40.9 Å². The van der Waals surface area contributed by atoms with Crippen LogP contribution in [0.1, 0.15) is 30.8 Å². The second-order valence-electron chi connectivity index (χ2n) is 5.78. The minimum atomic E-state index is -0.286. The van der Waals surface area contributed by atoms with Gasteiger partial charge in [-0.05, 0) is 30.3 Å². The Morgan fingerprint density at radius 2 is 1.96 bits per heavy atom. The van der Waals surface area contributed by atoms with Gasteiger partial charge in [0, 0.05) is 11.7 Å². The third kappa shape index (κ3) is 3.38. The highest BCUT2D eigenvalue weighted by Gasteiger charge is 2.28.